The molecule has 17 heavy (non-hydrogen) atoms. The number of carbonyl (C=O) groups is 1. The largest absolute Gasteiger partial charge is 0.388 e. The van der Waals surface area contributed by atoms with Gasteiger partial charge in [0.2, 0.25) is 0 Å². The van der Waals surface area contributed by atoms with Crippen LogP contribution in [0.4, 0.5) is 0 Å². The lowest BCUT2D eigenvalue weighted by Crippen LogP contribution is -2.35. The molecule has 0 saturated heterocycles. The summed E-state index contributed by atoms with van der Waals surface area (Å²) in [5, 5.41) is 10.1. The Balaban J connectivity index is 2.21. The second kappa shape index (κ2) is 3.54. The zero-order valence-corrected chi connectivity index (χ0v) is 9.94. The van der Waals surface area contributed by atoms with Crippen molar-refractivity contribution in [2.24, 2.45) is 0 Å². The maximum atomic E-state index is 11.5. The van der Waals surface area contributed by atoms with Gasteiger partial charge in [0.15, 0.2) is 5.78 Å². The Morgan fingerprint density at radius 1 is 1.35 bits per heavy atom. The van der Waals surface area contributed by atoms with Crippen LogP contribution in [0.5, 0.6) is 0 Å². The smallest absolute Gasteiger partial charge is 0.155 e. The van der Waals surface area contributed by atoms with Gasteiger partial charge in [0.1, 0.15) is 0 Å². The lowest BCUT2D eigenvalue weighted by atomic mass is 9.62. The van der Waals surface area contributed by atoms with E-state index in [1.165, 1.54) is 5.56 Å². The number of hydrogen-bond donors (Lipinski definition) is 1. The SMILES string of the molecule is C[C@]12CCC(=O)C=C1C[C@@H](O)c1ccccc12. The van der Waals surface area contributed by atoms with Crippen LogP contribution in [0, 0.1) is 0 Å². The van der Waals surface area contributed by atoms with Gasteiger partial charge in [-0.3, -0.25) is 4.79 Å². The Morgan fingerprint density at radius 3 is 2.94 bits per heavy atom. The van der Waals surface area contributed by atoms with Crippen molar-refractivity contribution in [1.82, 2.24) is 0 Å². The molecule has 2 atom stereocenters. The minimum absolute atomic E-state index is 0.0519. The van der Waals surface area contributed by atoms with E-state index in [1.54, 1.807) is 6.08 Å². The summed E-state index contributed by atoms with van der Waals surface area (Å²) in [5.41, 5.74) is 3.27. The Labute approximate surface area is 101 Å². The van der Waals surface area contributed by atoms with Crippen molar-refractivity contribution < 1.29 is 9.90 Å². The molecule has 2 nitrogen and oxygen atoms in total. The normalized spacial score (nSPS) is 31.5. The fourth-order valence-corrected chi connectivity index (χ4v) is 3.16. The Hall–Kier alpha value is -1.41. The van der Waals surface area contributed by atoms with Gasteiger partial charge in [-0.15, -0.1) is 0 Å². The van der Waals surface area contributed by atoms with E-state index in [4.69, 9.17) is 0 Å². The summed E-state index contributed by atoms with van der Waals surface area (Å²) in [6.07, 6.45) is 3.37. The van der Waals surface area contributed by atoms with Crippen molar-refractivity contribution >= 4 is 5.78 Å². The molecule has 2 aliphatic rings. The summed E-state index contributed by atoms with van der Waals surface area (Å²) in [5.74, 6) is 0.198. The van der Waals surface area contributed by atoms with Gasteiger partial charge in [-0.1, -0.05) is 36.8 Å². The molecule has 0 heterocycles. The monoisotopic (exact) mass is 228 g/mol. The second-order valence-electron chi connectivity index (χ2n) is 5.28. The lowest BCUT2D eigenvalue weighted by molar-refractivity contribution is -0.115. The fraction of sp³-hybridized carbons (Fsp3) is 0.400. The molecule has 0 unspecified atom stereocenters. The molecule has 1 aromatic rings. The topological polar surface area (TPSA) is 37.3 Å². The minimum Gasteiger partial charge on any atom is -0.388 e. The molecule has 2 aliphatic carbocycles. The van der Waals surface area contributed by atoms with Crippen LogP contribution in [-0.2, 0) is 10.2 Å². The van der Waals surface area contributed by atoms with Crippen molar-refractivity contribution in [2.45, 2.75) is 37.7 Å². The van der Waals surface area contributed by atoms with Crippen molar-refractivity contribution in [1.29, 1.82) is 0 Å². The Kier molecular flexibility index (Phi) is 2.23. The standard InChI is InChI=1S/C15H16O2/c1-15-7-6-11(16)8-10(15)9-14(17)12-4-2-3-5-13(12)15/h2-5,8,14,17H,6-7,9H2,1H3/t14-,15+/m1/s1. The molecule has 88 valence electrons. The zero-order chi connectivity index (χ0) is 12.0. The molecular weight excluding hydrogens is 212 g/mol. The van der Waals surface area contributed by atoms with Crippen molar-refractivity contribution in [3.8, 4) is 0 Å². The number of aliphatic hydroxyl groups is 1. The zero-order valence-electron chi connectivity index (χ0n) is 9.94. The Bertz CT molecular complexity index is 515. The van der Waals surface area contributed by atoms with Crippen molar-refractivity contribution in [3.63, 3.8) is 0 Å². The average Bonchev–Trinajstić information content (AvgIpc) is 2.33. The van der Waals surface area contributed by atoms with E-state index >= 15 is 0 Å². The molecule has 0 spiro atoms. The fourth-order valence-electron chi connectivity index (χ4n) is 3.16. The van der Waals surface area contributed by atoms with Gasteiger partial charge in [-0.25, -0.2) is 0 Å². The van der Waals surface area contributed by atoms with E-state index < -0.39 is 6.10 Å². The number of allylic oxidation sites excluding steroid dienone is 1. The predicted octanol–water partition coefficient (Wildman–Crippen LogP) is 2.67. The molecule has 0 aromatic heterocycles. The van der Waals surface area contributed by atoms with Gasteiger partial charge in [-0.05, 0) is 30.0 Å². The van der Waals surface area contributed by atoms with E-state index in [1.807, 2.05) is 18.2 Å². The first kappa shape index (κ1) is 10.7. The summed E-state index contributed by atoms with van der Waals surface area (Å²) in [6, 6.07) is 8.06. The van der Waals surface area contributed by atoms with Crippen LogP contribution in [-0.4, -0.2) is 10.9 Å². The van der Waals surface area contributed by atoms with E-state index in [2.05, 4.69) is 13.0 Å². The van der Waals surface area contributed by atoms with Crippen LogP contribution in [0.2, 0.25) is 0 Å². The highest BCUT2D eigenvalue weighted by Crippen LogP contribution is 2.49. The summed E-state index contributed by atoms with van der Waals surface area (Å²) in [7, 11) is 0. The summed E-state index contributed by atoms with van der Waals surface area (Å²) < 4.78 is 0. The third-order valence-corrected chi connectivity index (χ3v) is 4.24. The maximum Gasteiger partial charge on any atom is 0.155 e. The number of carbonyl (C=O) groups excluding carboxylic acids is 1. The second-order valence-corrected chi connectivity index (χ2v) is 5.28. The number of benzene rings is 1. The highest BCUT2D eigenvalue weighted by Gasteiger charge is 2.41. The number of fused-ring (bicyclic) bond motifs is 3. The third kappa shape index (κ3) is 1.48. The van der Waals surface area contributed by atoms with E-state index in [9.17, 15) is 9.90 Å². The van der Waals surface area contributed by atoms with E-state index in [-0.39, 0.29) is 11.2 Å². The van der Waals surface area contributed by atoms with Gasteiger partial charge in [0.05, 0.1) is 6.10 Å². The first-order valence-corrected chi connectivity index (χ1v) is 6.12. The first-order valence-electron chi connectivity index (χ1n) is 6.12. The quantitative estimate of drug-likeness (QED) is 0.741. The van der Waals surface area contributed by atoms with Crippen LogP contribution in [0.15, 0.2) is 35.9 Å². The van der Waals surface area contributed by atoms with Gasteiger partial charge in [0.25, 0.3) is 0 Å². The number of ketones is 1. The molecule has 2 heteroatoms. The van der Waals surface area contributed by atoms with Crippen LogP contribution >= 0.6 is 0 Å². The van der Waals surface area contributed by atoms with E-state index in [0.717, 1.165) is 17.6 Å². The molecule has 0 saturated carbocycles. The Morgan fingerprint density at radius 2 is 2.12 bits per heavy atom. The number of aliphatic hydroxyl groups excluding tert-OH is 1. The minimum atomic E-state index is -0.462. The number of rotatable bonds is 0. The molecule has 3 rings (SSSR count). The molecule has 0 amide bonds. The molecule has 0 radical (unpaired) electrons. The molecule has 0 fully saturated rings. The molecule has 1 N–H and O–H groups in total. The van der Waals surface area contributed by atoms with Gasteiger partial charge >= 0.3 is 0 Å². The molecule has 0 aliphatic heterocycles. The maximum absolute atomic E-state index is 11.5. The van der Waals surface area contributed by atoms with Crippen molar-refractivity contribution in [3.05, 3.63) is 47.0 Å². The first-order chi connectivity index (χ1) is 8.11. The van der Waals surface area contributed by atoms with Gasteiger partial charge in [0, 0.05) is 11.8 Å². The summed E-state index contributed by atoms with van der Waals surface area (Å²) >= 11 is 0. The van der Waals surface area contributed by atoms with E-state index in [0.29, 0.717) is 12.8 Å². The van der Waals surface area contributed by atoms with Crippen LogP contribution < -0.4 is 0 Å². The highest BCUT2D eigenvalue weighted by molar-refractivity contribution is 5.92. The van der Waals surface area contributed by atoms with Crippen LogP contribution in [0.25, 0.3) is 0 Å². The van der Waals surface area contributed by atoms with Crippen LogP contribution in [0.1, 0.15) is 43.4 Å². The highest BCUT2D eigenvalue weighted by atomic mass is 16.3. The predicted molar refractivity (Wildman–Crippen MR) is 65.7 cm³/mol. The van der Waals surface area contributed by atoms with Gasteiger partial charge < -0.3 is 5.11 Å². The third-order valence-electron chi connectivity index (χ3n) is 4.24. The molecule has 1 aromatic carbocycles. The lowest BCUT2D eigenvalue weighted by Gasteiger charge is -2.42. The van der Waals surface area contributed by atoms with Crippen LogP contribution in [0.3, 0.4) is 0 Å². The van der Waals surface area contributed by atoms with Gasteiger partial charge in [-0.2, -0.15) is 0 Å². The summed E-state index contributed by atoms with van der Waals surface area (Å²) in [4.78, 5) is 11.5. The summed E-state index contributed by atoms with van der Waals surface area (Å²) in [6.45, 7) is 2.19. The molecular formula is C15H16O2. The number of hydrogen-bond acceptors (Lipinski definition) is 2. The average molecular weight is 228 g/mol. The molecule has 0 bridgehead atoms. The van der Waals surface area contributed by atoms with Crippen molar-refractivity contribution in [2.75, 3.05) is 0 Å².